The van der Waals surface area contributed by atoms with E-state index in [2.05, 4.69) is 24.3 Å². The summed E-state index contributed by atoms with van der Waals surface area (Å²) in [6, 6.07) is 9.62. The number of anilines is 3. The lowest BCUT2D eigenvalue weighted by Crippen LogP contribution is -2.38. The van der Waals surface area contributed by atoms with Crippen LogP contribution >= 0.6 is 0 Å². The first-order chi connectivity index (χ1) is 16.6. The van der Waals surface area contributed by atoms with Crippen LogP contribution in [0.4, 0.5) is 22.1 Å². The van der Waals surface area contributed by atoms with Gasteiger partial charge in [0.05, 0.1) is 12.7 Å². The number of nitrogen functional groups attached to an aromatic ring is 1. The maximum absolute atomic E-state index is 13.5. The summed E-state index contributed by atoms with van der Waals surface area (Å²) >= 11 is 0. The summed E-state index contributed by atoms with van der Waals surface area (Å²) in [7, 11) is 0. The van der Waals surface area contributed by atoms with Crippen molar-refractivity contribution in [2.45, 2.75) is 71.6 Å². The van der Waals surface area contributed by atoms with Crippen LogP contribution in [0, 0.1) is 0 Å². The van der Waals surface area contributed by atoms with Crippen molar-refractivity contribution >= 4 is 29.1 Å². The summed E-state index contributed by atoms with van der Waals surface area (Å²) in [6.07, 6.45) is 3.16. The molecule has 1 aromatic carbocycles. The number of aromatic nitrogens is 3. The van der Waals surface area contributed by atoms with Gasteiger partial charge < -0.3 is 20.5 Å². The molecular weight excluding hydrogens is 444 g/mol. The number of carbonyl (C=O) groups excluding carboxylic acids is 1. The minimum Gasteiger partial charge on any atom is -0.443 e. The molecule has 35 heavy (non-hydrogen) atoms. The largest absolute Gasteiger partial charge is 0.443 e. The maximum Gasteiger partial charge on any atom is 0.416 e. The maximum atomic E-state index is 13.5. The molecule has 3 aromatic rings. The molecule has 1 fully saturated rings. The molecule has 9 nitrogen and oxygen atoms in total. The third kappa shape index (κ3) is 6.03. The van der Waals surface area contributed by atoms with Crippen molar-refractivity contribution in [1.29, 1.82) is 0 Å². The Hall–Kier alpha value is -3.33. The van der Waals surface area contributed by atoms with Crippen molar-refractivity contribution < 1.29 is 14.3 Å². The van der Waals surface area contributed by atoms with Crippen LogP contribution in [0.25, 0.3) is 5.65 Å². The molecule has 0 saturated carbocycles. The van der Waals surface area contributed by atoms with Gasteiger partial charge in [0.2, 0.25) is 0 Å². The summed E-state index contributed by atoms with van der Waals surface area (Å²) in [5.41, 5.74) is 8.61. The third-order valence-corrected chi connectivity index (χ3v) is 5.86. The fraction of sp³-hybridized carbons (Fsp3) is 0.500. The number of rotatable bonds is 6. The zero-order valence-electron chi connectivity index (χ0n) is 21.2. The minimum atomic E-state index is -0.659. The van der Waals surface area contributed by atoms with Crippen LogP contribution in [-0.4, -0.2) is 45.5 Å². The van der Waals surface area contributed by atoms with E-state index in [1.807, 2.05) is 57.3 Å². The molecule has 1 saturated heterocycles. The van der Waals surface area contributed by atoms with E-state index < -0.39 is 11.7 Å². The van der Waals surface area contributed by atoms with E-state index in [1.54, 1.807) is 9.42 Å². The third-order valence-electron chi connectivity index (χ3n) is 5.86. The van der Waals surface area contributed by atoms with E-state index in [0.29, 0.717) is 23.0 Å². The summed E-state index contributed by atoms with van der Waals surface area (Å²) < 4.78 is 13.0. The lowest BCUT2D eigenvalue weighted by atomic mass is 10.1. The van der Waals surface area contributed by atoms with Crippen LogP contribution in [0.15, 0.2) is 36.5 Å². The second kappa shape index (κ2) is 10.1. The molecule has 9 heteroatoms. The summed E-state index contributed by atoms with van der Waals surface area (Å²) in [4.78, 5) is 20.0. The van der Waals surface area contributed by atoms with Crippen molar-refractivity contribution in [3.8, 4) is 0 Å². The zero-order chi connectivity index (χ0) is 25.2. The monoisotopic (exact) mass is 480 g/mol. The van der Waals surface area contributed by atoms with Crippen molar-refractivity contribution in [2.24, 2.45) is 0 Å². The zero-order valence-corrected chi connectivity index (χ0v) is 21.2. The lowest BCUT2D eigenvalue weighted by Gasteiger charge is -2.29. The van der Waals surface area contributed by atoms with Gasteiger partial charge >= 0.3 is 6.09 Å². The Bertz CT molecular complexity index is 1180. The Morgan fingerprint density at radius 2 is 2.03 bits per heavy atom. The number of nitrogens with two attached hydrogens (primary N) is 1. The molecule has 0 spiro atoms. The molecule has 3 N–H and O–H groups in total. The number of nitrogens with zero attached hydrogens (tertiary/aromatic N) is 4. The molecule has 0 radical (unpaired) electrons. The topological polar surface area (TPSA) is 107 Å². The lowest BCUT2D eigenvalue weighted by molar-refractivity contribution is 0.0575. The number of hydrogen-bond acceptors (Lipinski definition) is 7. The normalized spacial score (nSPS) is 14.9. The van der Waals surface area contributed by atoms with Gasteiger partial charge in [0.1, 0.15) is 17.2 Å². The number of carbonyl (C=O) groups is 1. The van der Waals surface area contributed by atoms with Crippen LogP contribution in [0.1, 0.15) is 64.5 Å². The molecule has 1 amide bonds. The Balaban J connectivity index is 1.82. The van der Waals surface area contributed by atoms with E-state index in [4.69, 9.17) is 20.2 Å². The molecule has 0 atom stereocenters. The molecule has 188 valence electrons. The van der Waals surface area contributed by atoms with Crippen molar-refractivity contribution in [3.05, 3.63) is 47.7 Å². The number of nitrogens with one attached hydrogen (secondary N) is 1. The Morgan fingerprint density at radius 1 is 1.29 bits per heavy atom. The molecular formula is C26H36N6O3. The fourth-order valence-electron chi connectivity index (χ4n) is 4.12. The quantitative estimate of drug-likeness (QED) is 0.480. The fourth-order valence-corrected chi connectivity index (χ4v) is 4.12. The van der Waals surface area contributed by atoms with Gasteiger partial charge in [-0.1, -0.05) is 26.0 Å². The van der Waals surface area contributed by atoms with Gasteiger partial charge in [0.25, 0.3) is 0 Å². The number of hydrogen-bond donors (Lipinski definition) is 2. The van der Waals surface area contributed by atoms with E-state index in [-0.39, 0.29) is 18.5 Å². The predicted octanol–water partition coefficient (Wildman–Crippen LogP) is 4.97. The van der Waals surface area contributed by atoms with Gasteiger partial charge in [-0.25, -0.2) is 9.78 Å². The second-order valence-electron chi connectivity index (χ2n) is 10.3. The first-order valence-corrected chi connectivity index (χ1v) is 12.2. The molecule has 1 aliphatic rings. The SMILES string of the molecule is CC(C)c1cnn2c(N(Cc3cccc(N)c3)C(=O)OC(C)(C)C)cc(NC3CCOCC3)nc12. The smallest absolute Gasteiger partial charge is 0.416 e. The van der Waals surface area contributed by atoms with Crippen molar-refractivity contribution in [2.75, 3.05) is 29.2 Å². The highest BCUT2D eigenvalue weighted by molar-refractivity contribution is 5.88. The molecule has 1 aliphatic heterocycles. The van der Waals surface area contributed by atoms with Crippen molar-refractivity contribution in [1.82, 2.24) is 14.6 Å². The highest BCUT2D eigenvalue weighted by atomic mass is 16.6. The molecule has 0 aliphatic carbocycles. The number of ether oxygens (including phenoxy) is 2. The average Bonchev–Trinajstić information content (AvgIpc) is 3.21. The summed E-state index contributed by atoms with van der Waals surface area (Å²) in [6.45, 7) is 11.5. The Morgan fingerprint density at radius 3 is 2.69 bits per heavy atom. The molecule has 4 rings (SSSR count). The Labute approximate surface area is 206 Å². The standard InChI is InChI=1S/C26H36N6O3/c1-17(2)21-15-28-32-23(14-22(30-24(21)32)29-20-9-11-34-12-10-20)31(25(33)35-26(3,4)5)16-18-7-6-8-19(27)13-18/h6-8,13-15,17,20H,9-12,16,27H2,1-5H3,(H,29,30). The Kier molecular flexibility index (Phi) is 7.16. The van der Waals surface area contributed by atoms with Gasteiger partial charge in [-0.15, -0.1) is 0 Å². The van der Waals surface area contributed by atoms with Gasteiger partial charge in [0, 0.05) is 36.6 Å². The van der Waals surface area contributed by atoms with Gasteiger partial charge in [0.15, 0.2) is 5.65 Å². The van der Waals surface area contributed by atoms with Gasteiger partial charge in [-0.3, -0.25) is 4.90 Å². The summed E-state index contributed by atoms with van der Waals surface area (Å²) in [5.74, 6) is 1.49. The highest BCUT2D eigenvalue weighted by Crippen LogP contribution is 2.29. The van der Waals surface area contributed by atoms with E-state index >= 15 is 0 Å². The number of amides is 1. The average molecular weight is 481 g/mol. The van der Waals surface area contributed by atoms with E-state index in [9.17, 15) is 4.79 Å². The second-order valence-corrected chi connectivity index (χ2v) is 10.3. The van der Waals surface area contributed by atoms with E-state index in [0.717, 1.165) is 37.2 Å². The molecule has 0 bridgehead atoms. The van der Waals surface area contributed by atoms with Gasteiger partial charge in [-0.05, 0) is 57.2 Å². The van der Waals surface area contributed by atoms with Crippen LogP contribution in [-0.2, 0) is 16.0 Å². The van der Waals surface area contributed by atoms with Crippen LogP contribution < -0.4 is 16.0 Å². The first kappa shape index (κ1) is 24.8. The minimum absolute atomic E-state index is 0.218. The number of benzene rings is 1. The number of fused-ring (bicyclic) bond motifs is 1. The highest BCUT2D eigenvalue weighted by Gasteiger charge is 2.28. The predicted molar refractivity (Wildman–Crippen MR) is 138 cm³/mol. The van der Waals surface area contributed by atoms with E-state index in [1.165, 1.54) is 0 Å². The van der Waals surface area contributed by atoms with Crippen LogP contribution in [0.3, 0.4) is 0 Å². The van der Waals surface area contributed by atoms with Crippen LogP contribution in [0.2, 0.25) is 0 Å². The van der Waals surface area contributed by atoms with Crippen LogP contribution in [0.5, 0.6) is 0 Å². The molecule has 0 unspecified atom stereocenters. The summed E-state index contributed by atoms with van der Waals surface area (Å²) in [5, 5.41) is 8.17. The first-order valence-electron chi connectivity index (χ1n) is 12.2. The molecule has 3 heterocycles. The molecule has 2 aromatic heterocycles. The van der Waals surface area contributed by atoms with Gasteiger partial charge in [-0.2, -0.15) is 9.61 Å². The van der Waals surface area contributed by atoms with Crippen molar-refractivity contribution in [3.63, 3.8) is 0 Å².